The fourth-order valence-electron chi connectivity index (χ4n) is 4.21. The molecule has 1 amide bonds. The van der Waals surface area contributed by atoms with Crippen molar-refractivity contribution in [1.29, 1.82) is 0 Å². The van der Waals surface area contributed by atoms with Gasteiger partial charge in [-0.15, -0.1) is 0 Å². The molecule has 31 heavy (non-hydrogen) atoms. The second kappa shape index (κ2) is 7.93. The lowest BCUT2D eigenvalue weighted by molar-refractivity contribution is -0.126. The summed E-state index contributed by atoms with van der Waals surface area (Å²) in [7, 11) is -3.74. The SMILES string of the molecule is Cc1n[nH]c(C)c1S(=O)(=O)N1CCCN(C(=O)C(=O)c2c(C)[nH]c3ccccc23)CC1. The molecule has 3 aromatic rings. The van der Waals surface area contributed by atoms with E-state index in [4.69, 9.17) is 0 Å². The molecule has 2 N–H and O–H groups in total. The van der Waals surface area contributed by atoms with Crippen molar-refractivity contribution >= 4 is 32.6 Å². The number of rotatable bonds is 4. The Morgan fingerprint density at radius 3 is 2.45 bits per heavy atom. The number of carbonyl (C=O) groups is 2. The molecule has 1 aromatic carbocycles. The van der Waals surface area contributed by atoms with Crippen LogP contribution in [-0.4, -0.2) is 70.7 Å². The number of ketones is 1. The molecule has 1 saturated heterocycles. The molecule has 3 heterocycles. The molecule has 1 aliphatic heterocycles. The Labute approximate surface area is 180 Å². The number of para-hydroxylation sites is 1. The van der Waals surface area contributed by atoms with Crippen molar-refractivity contribution in [3.05, 3.63) is 46.9 Å². The van der Waals surface area contributed by atoms with E-state index in [1.807, 2.05) is 24.3 Å². The molecule has 1 aliphatic rings. The summed E-state index contributed by atoms with van der Waals surface area (Å²) in [5, 5.41) is 7.40. The lowest BCUT2D eigenvalue weighted by Crippen LogP contribution is -2.40. The molecule has 0 saturated carbocycles. The maximum absolute atomic E-state index is 13.1. The van der Waals surface area contributed by atoms with Crippen LogP contribution in [0.2, 0.25) is 0 Å². The number of aromatic nitrogens is 3. The highest BCUT2D eigenvalue weighted by atomic mass is 32.2. The summed E-state index contributed by atoms with van der Waals surface area (Å²) in [5.41, 5.74) is 2.72. The Bertz CT molecular complexity index is 1250. The Hall–Kier alpha value is -2.98. The molecular formula is C21H25N5O4S. The van der Waals surface area contributed by atoms with Crippen molar-refractivity contribution < 1.29 is 18.0 Å². The first-order valence-corrected chi connectivity index (χ1v) is 11.6. The number of nitrogens with zero attached hydrogens (tertiary/aromatic N) is 3. The first-order chi connectivity index (χ1) is 14.7. The van der Waals surface area contributed by atoms with Gasteiger partial charge in [0.05, 0.1) is 17.0 Å². The van der Waals surface area contributed by atoms with Crippen LogP contribution in [0.25, 0.3) is 10.9 Å². The van der Waals surface area contributed by atoms with Crippen LogP contribution in [0.15, 0.2) is 29.2 Å². The predicted molar refractivity (Wildman–Crippen MR) is 115 cm³/mol. The van der Waals surface area contributed by atoms with E-state index in [1.54, 1.807) is 20.8 Å². The number of aryl methyl sites for hydroxylation is 3. The van der Waals surface area contributed by atoms with Crippen molar-refractivity contribution in [3.8, 4) is 0 Å². The first-order valence-electron chi connectivity index (χ1n) is 10.1. The second-order valence-corrected chi connectivity index (χ2v) is 9.69. The van der Waals surface area contributed by atoms with E-state index in [-0.39, 0.29) is 24.5 Å². The minimum absolute atomic E-state index is 0.123. The Morgan fingerprint density at radius 2 is 1.74 bits per heavy atom. The number of hydrogen-bond acceptors (Lipinski definition) is 5. The zero-order valence-electron chi connectivity index (χ0n) is 17.7. The number of amides is 1. The highest BCUT2D eigenvalue weighted by molar-refractivity contribution is 7.89. The average molecular weight is 444 g/mol. The summed E-state index contributed by atoms with van der Waals surface area (Å²) in [6.45, 7) is 5.96. The number of hydrogen-bond donors (Lipinski definition) is 2. The van der Waals surface area contributed by atoms with Crippen LogP contribution in [0, 0.1) is 20.8 Å². The fraction of sp³-hybridized carbons (Fsp3) is 0.381. The number of nitrogens with one attached hydrogen (secondary N) is 2. The van der Waals surface area contributed by atoms with Gasteiger partial charge < -0.3 is 9.88 Å². The van der Waals surface area contributed by atoms with Gasteiger partial charge in [0.25, 0.3) is 11.7 Å². The Balaban J connectivity index is 1.54. The van der Waals surface area contributed by atoms with Crippen LogP contribution in [0.1, 0.15) is 33.9 Å². The largest absolute Gasteiger partial charge is 0.358 e. The molecule has 164 valence electrons. The van der Waals surface area contributed by atoms with Crippen LogP contribution in [0.4, 0.5) is 0 Å². The molecule has 0 aliphatic carbocycles. The quantitative estimate of drug-likeness (QED) is 0.472. The monoisotopic (exact) mass is 443 g/mol. The van der Waals surface area contributed by atoms with Crippen molar-refractivity contribution in [3.63, 3.8) is 0 Å². The van der Waals surface area contributed by atoms with Crippen molar-refractivity contribution in [2.45, 2.75) is 32.1 Å². The van der Waals surface area contributed by atoms with E-state index in [2.05, 4.69) is 15.2 Å². The van der Waals surface area contributed by atoms with Gasteiger partial charge in [-0.1, -0.05) is 18.2 Å². The number of aromatic amines is 2. The maximum Gasteiger partial charge on any atom is 0.295 e. The summed E-state index contributed by atoms with van der Waals surface area (Å²) in [6, 6.07) is 7.36. The molecule has 0 spiro atoms. The lowest BCUT2D eigenvalue weighted by Gasteiger charge is -2.21. The van der Waals surface area contributed by atoms with Gasteiger partial charge in [0.2, 0.25) is 10.0 Å². The number of fused-ring (bicyclic) bond motifs is 1. The Kier molecular flexibility index (Phi) is 5.44. The number of sulfonamides is 1. The van der Waals surface area contributed by atoms with E-state index in [0.29, 0.717) is 41.0 Å². The van der Waals surface area contributed by atoms with Gasteiger partial charge in [-0.2, -0.15) is 9.40 Å². The minimum atomic E-state index is -3.74. The molecule has 2 aromatic heterocycles. The normalized spacial score (nSPS) is 15.9. The summed E-state index contributed by atoms with van der Waals surface area (Å²) in [5.74, 6) is -1.18. The standard InChI is InChI=1S/C21H25N5O4S/c1-13-18(16-7-4-5-8-17(16)22-13)19(27)21(28)25-9-6-10-26(12-11-25)31(29,30)20-14(2)23-24-15(20)3/h4-5,7-8,22H,6,9-12H2,1-3H3,(H,23,24). The van der Waals surface area contributed by atoms with Crippen molar-refractivity contribution in [2.24, 2.45) is 0 Å². The van der Waals surface area contributed by atoms with Crippen LogP contribution in [0.5, 0.6) is 0 Å². The van der Waals surface area contributed by atoms with E-state index in [0.717, 1.165) is 5.52 Å². The minimum Gasteiger partial charge on any atom is -0.358 e. The zero-order valence-corrected chi connectivity index (χ0v) is 18.5. The molecule has 0 radical (unpaired) electrons. The van der Waals surface area contributed by atoms with Crippen molar-refractivity contribution in [1.82, 2.24) is 24.4 Å². The number of Topliss-reactive ketones (excluding diaryl/α,β-unsaturated/α-hetero) is 1. The van der Waals surface area contributed by atoms with E-state index in [1.165, 1.54) is 9.21 Å². The molecule has 0 bridgehead atoms. The summed E-state index contributed by atoms with van der Waals surface area (Å²) in [6.07, 6.45) is 0.445. The van der Waals surface area contributed by atoms with Gasteiger partial charge >= 0.3 is 0 Å². The highest BCUT2D eigenvalue weighted by Gasteiger charge is 2.34. The third-order valence-corrected chi connectivity index (χ3v) is 7.88. The smallest absolute Gasteiger partial charge is 0.295 e. The molecule has 0 unspecified atom stereocenters. The molecule has 4 rings (SSSR count). The molecule has 10 heteroatoms. The number of H-pyrrole nitrogens is 2. The zero-order chi connectivity index (χ0) is 22.3. The number of carbonyl (C=O) groups excluding carboxylic acids is 2. The topological polar surface area (TPSA) is 119 Å². The van der Waals surface area contributed by atoms with Gasteiger partial charge in [0, 0.05) is 42.8 Å². The third-order valence-electron chi connectivity index (χ3n) is 5.72. The van der Waals surface area contributed by atoms with Crippen LogP contribution in [0.3, 0.4) is 0 Å². The lowest BCUT2D eigenvalue weighted by atomic mass is 10.1. The van der Waals surface area contributed by atoms with Crippen molar-refractivity contribution in [2.75, 3.05) is 26.2 Å². The average Bonchev–Trinajstić information content (AvgIpc) is 3.12. The summed E-state index contributed by atoms with van der Waals surface area (Å²) in [4.78, 5) is 30.8. The van der Waals surface area contributed by atoms with E-state index < -0.39 is 21.7 Å². The Morgan fingerprint density at radius 1 is 1.00 bits per heavy atom. The van der Waals surface area contributed by atoms with Gasteiger partial charge in [-0.05, 0) is 33.3 Å². The first kappa shape index (κ1) is 21.3. The second-order valence-electron chi connectivity index (χ2n) is 7.81. The van der Waals surface area contributed by atoms with Gasteiger partial charge in [-0.25, -0.2) is 8.42 Å². The van der Waals surface area contributed by atoms with E-state index in [9.17, 15) is 18.0 Å². The maximum atomic E-state index is 13.1. The predicted octanol–water partition coefficient (Wildman–Crippen LogP) is 1.92. The van der Waals surface area contributed by atoms with Gasteiger partial charge in [0.1, 0.15) is 4.90 Å². The third kappa shape index (κ3) is 3.66. The van der Waals surface area contributed by atoms with E-state index >= 15 is 0 Å². The van der Waals surface area contributed by atoms with Gasteiger partial charge in [0.15, 0.2) is 0 Å². The molecular weight excluding hydrogens is 418 g/mol. The summed E-state index contributed by atoms with van der Waals surface area (Å²) >= 11 is 0. The van der Waals surface area contributed by atoms with Crippen LogP contribution < -0.4 is 0 Å². The highest BCUT2D eigenvalue weighted by Crippen LogP contribution is 2.25. The fourth-order valence-corrected chi connectivity index (χ4v) is 6.01. The summed E-state index contributed by atoms with van der Waals surface area (Å²) < 4.78 is 27.6. The van der Waals surface area contributed by atoms with Crippen LogP contribution in [-0.2, 0) is 14.8 Å². The number of benzene rings is 1. The van der Waals surface area contributed by atoms with Gasteiger partial charge in [-0.3, -0.25) is 14.7 Å². The van der Waals surface area contributed by atoms with Crippen LogP contribution >= 0.6 is 0 Å². The molecule has 1 fully saturated rings. The molecule has 0 atom stereocenters. The molecule has 9 nitrogen and oxygen atoms in total.